The molecule has 0 bridgehead atoms. The summed E-state index contributed by atoms with van der Waals surface area (Å²) in [4.78, 5) is 11.9. The van der Waals surface area contributed by atoms with E-state index < -0.39 is 23.3 Å². The number of amides is 2. The highest BCUT2D eigenvalue weighted by Crippen LogP contribution is 2.23. The van der Waals surface area contributed by atoms with Gasteiger partial charge in [-0.05, 0) is 37.3 Å². The molecule has 0 spiro atoms. The molecule has 0 aliphatic carbocycles. The number of carbonyl (C=O) groups excluding carboxylic acids is 1. The van der Waals surface area contributed by atoms with Crippen LogP contribution in [0, 0.1) is 11.6 Å². The van der Waals surface area contributed by atoms with Gasteiger partial charge in [-0.2, -0.15) is 0 Å². The van der Waals surface area contributed by atoms with Gasteiger partial charge in [0, 0.05) is 17.3 Å². The number of rotatable bonds is 5. The summed E-state index contributed by atoms with van der Waals surface area (Å²) in [6.45, 7) is 1.08. The van der Waals surface area contributed by atoms with Crippen molar-refractivity contribution < 1.29 is 23.4 Å². The first kappa shape index (κ1) is 17.7. The Hall–Kier alpha value is -2.67. The van der Waals surface area contributed by atoms with Gasteiger partial charge in [-0.3, -0.25) is 0 Å². The zero-order valence-electron chi connectivity index (χ0n) is 13.3. The van der Waals surface area contributed by atoms with E-state index in [-0.39, 0.29) is 12.1 Å². The van der Waals surface area contributed by atoms with E-state index in [0.717, 1.165) is 12.1 Å². The summed E-state index contributed by atoms with van der Waals surface area (Å²) in [6, 6.07) is 8.97. The van der Waals surface area contributed by atoms with Crippen LogP contribution in [-0.4, -0.2) is 24.8 Å². The van der Waals surface area contributed by atoms with Gasteiger partial charge in [-0.25, -0.2) is 13.6 Å². The van der Waals surface area contributed by atoms with Crippen LogP contribution in [0.15, 0.2) is 42.5 Å². The third kappa shape index (κ3) is 4.42. The topological polar surface area (TPSA) is 70.6 Å². The van der Waals surface area contributed by atoms with E-state index in [2.05, 4.69) is 10.6 Å². The van der Waals surface area contributed by atoms with Crippen LogP contribution < -0.4 is 15.4 Å². The fourth-order valence-corrected chi connectivity index (χ4v) is 2.12. The van der Waals surface area contributed by atoms with Crippen LogP contribution in [-0.2, 0) is 5.60 Å². The summed E-state index contributed by atoms with van der Waals surface area (Å²) in [5, 5.41) is 15.3. The van der Waals surface area contributed by atoms with E-state index in [9.17, 15) is 18.7 Å². The van der Waals surface area contributed by atoms with Crippen LogP contribution in [0.2, 0.25) is 0 Å². The first-order valence-corrected chi connectivity index (χ1v) is 7.18. The Morgan fingerprint density at radius 3 is 2.46 bits per heavy atom. The molecule has 0 aliphatic rings. The lowest BCUT2D eigenvalue weighted by Gasteiger charge is -2.24. The number of carbonyl (C=O) groups is 1. The molecule has 0 heterocycles. The average molecular weight is 336 g/mol. The van der Waals surface area contributed by atoms with Crippen molar-refractivity contribution >= 4 is 11.7 Å². The number of urea groups is 1. The quantitative estimate of drug-likeness (QED) is 0.786. The van der Waals surface area contributed by atoms with Gasteiger partial charge in [0.1, 0.15) is 23.0 Å². The van der Waals surface area contributed by atoms with Crippen LogP contribution in [0.5, 0.6) is 5.75 Å². The van der Waals surface area contributed by atoms with Crippen molar-refractivity contribution in [1.82, 2.24) is 5.32 Å². The molecule has 24 heavy (non-hydrogen) atoms. The molecule has 0 aliphatic heterocycles. The zero-order chi connectivity index (χ0) is 17.7. The van der Waals surface area contributed by atoms with Crippen molar-refractivity contribution in [2.75, 3.05) is 19.0 Å². The largest absolute Gasteiger partial charge is 0.497 e. The molecule has 0 radical (unpaired) electrons. The highest BCUT2D eigenvalue weighted by Gasteiger charge is 2.27. The maximum atomic E-state index is 13.7. The molecule has 2 aromatic rings. The summed E-state index contributed by atoms with van der Waals surface area (Å²) in [5.74, 6) is -0.967. The minimum atomic E-state index is -1.69. The van der Waals surface area contributed by atoms with Crippen LogP contribution in [0.25, 0.3) is 0 Å². The number of methoxy groups -OCH3 is 1. The third-order valence-corrected chi connectivity index (χ3v) is 3.45. The molecule has 5 nitrogen and oxygen atoms in total. The number of halogens is 2. The second kappa shape index (κ2) is 7.27. The summed E-state index contributed by atoms with van der Waals surface area (Å²) < 4.78 is 31.7. The Labute approximate surface area is 138 Å². The summed E-state index contributed by atoms with van der Waals surface area (Å²) >= 11 is 0. The molecule has 3 N–H and O–H groups in total. The Morgan fingerprint density at radius 2 is 1.88 bits per heavy atom. The number of benzene rings is 2. The summed E-state index contributed by atoms with van der Waals surface area (Å²) in [5.41, 5.74) is -1.26. The maximum Gasteiger partial charge on any atom is 0.319 e. The lowest BCUT2D eigenvalue weighted by Crippen LogP contribution is -2.41. The fraction of sp³-hybridized carbons (Fsp3) is 0.235. The molecule has 2 amide bonds. The lowest BCUT2D eigenvalue weighted by atomic mass is 9.95. The van der Waals surface area contributed by atoms with Gasteiger partial charge >= 0.3 is 6.03 Å². The zero-order valence-corrected chi connectivity index (χ0v) is 13.3. The number of anilines is 1. The standard InChI is InChI=1S/C17H18F2N2O3/c1-17(23,14-8-3-11(18)9-15(14)19)10-20-16(22)21-12-4-6-13(24-2)7-5-12/h3-9,23H,10H2,1-2H3,(H2,20,21,22). The number of hydrogen-bond acceptors (Lipinski definition) is 3. The fourth-order valence-electron chi connectivity index (χ4n) is 2.12. The molecule has 7 heteroatoms. The van der Waals surface area contributed by atoms with Gasteiger partial charge in [0.15, 0.2) is 0 Å². The molecular formula is C17H18F2N2O3. The van der Waals surface area contributed by atoms with Gasteiger partial charge in [-0.1, -0.05) is 6.07 Å². The monoisotopic (exact) mass is 336 g/mol. The molecule has 2 aromatic carbocycles. The molecule has 1 atom stereocenters. The maximum absolute atomic E-state index is 13.7. The van der Waals surface area contributed by atoms with Crippen molar-refractivity contribution in [3.05, 3.63) is 59.7 Å². The Bertz CT molecular complexity index is 718. The van der Waals surface area contributed by atoms with Gasteiger partial charge in [0.2, 0.25) is 0 Å². The van der Waals surface area contributed by atoms with E-state index in [4.69, 9.17) is 4.74 Å². The van der Waals surface area contributed by atoms with Crippen molar-refractivity contribution in [2.45, 2.75) is 12.5 Å². The second-order valence-electron chi connectivity index (χ2n) is 5.43. The number of hydrogen-bond donors (Lipinski definition) is 3. The predicted octanol–water partition coefficient (Wildman–Crippen LogP) is 3.00. The highest BCUT2D eigenvalue weighted by atomic mass is 19.1. The lowest BCUT2D eigenvalue weighted by molar-refractivity contribution is 0.0561. The van der Waals surface area contributed by atoms with Crippen molar-refractivity contribution in [3.63, 3.8) is 0 Å². The normalized spacial score (nSPS) is 13.0. The molecular weight excluding hydrogens is 318 g/mol. The summed E-state index contributed by atoms with van der Waals surface area (Å²) in [7, 11) is 1.53. The van der Waals surface area contributed by atoms with E-state index in [1.54, 1.807) is 24.3 Å². The van der Waals surface area contributed by atoms with Gasteiger partial charge in [0.25, 0.3) is 0 Å². The van der Waals surface area contributed by atoms with Crippen molar-refractivity contribution in [1.29, 1.82) is 0 Å². The minimum absolute atomic E-state index is 0.103. The smallest absolute Gasteiger partial charge is 0.319 e. The van der Waals surface area contributed by atoms with Gasteiger partial charge in [-0.15, -0.1) is 0 Å². The summed E-state index contributed by atoms with van der Waals surface area (Å²) in [6.07, 6.45) is 0. The molecule has 0 aromatic heterocycles. The van der Waals surface area contributed by atoms with Gasteiger partial charge in [0.05, 0.1) is 13.7 Å². The molecule has 1 unspecified atom stereocenters. The second-order valence-corrected chi connectivity index (χ2v) is 5.43. The molecule has 0 fully saturated rings. The van der Waals surface area contributed by atoms with Gasteiger partial charge < -0.3 is 20.5 Å². The van der Waals surface area contributed by atoms with E-state index >= 15 is 0 Å². The molecule has 0 saturated heterocycles. The Balaban J connectivity index is 1.96. The number of nitrogens with one attached hydrogen (secondary N) is 2. The Morgan fingerprint density at radius 1 is 1.21 bits per heavy atom. The highest BCUT2D eigenvalue weighted by molar-refractivity contribution is 5.89. The molecule has 128 valence electrons. The number of aliphatic hydroxyl groups is 1. The Kier molecular flexibility index (Phi) is 5.35. The first-order chi connectivity index (χ1) is 11.3. The SMILES string of the molecule is COc1ccc(NC(=O)NCC(C)(O)c2ccc(F)cc2F)cc1. The van der Waals surface area contributed by atoms with Crippen molar-refractivity contribution in [3.8, 4) is 5.75 Å². The van der Waals surface area contributed by atoms with Crippen LogP contribution >= 0.6 is 0 Å². The first-order valence-electron chi connectivity index (χ1n) is 7.18. The van der Waals surface area contributed by atoms with Crippen LogP contribution in [0.4, 0.5) is 19.3 Å². The van der Waals surface area contributed by atoms with E-state index in [0.29, 0.717) is 17.5 Å². The predicted molar refractivity (Wildman–Crippen MR) is 85.9 cm³/mol. The molecule has 2 rings (SSSR count). The van der Waals surface area contributed by atoms with Crippen molar-refractivity contribution in [2.24, 2.45) is 0 Å². The molecule has 0 saturated carbocycles. The van der Waals surface area contributed by atoms with Crippen LogP contribution in [0.3, 0.4) is 0 Å². The minimum Gasteiger partial charge on any atom is -0.497 e. The van der Waals surface area contributed by atoms with Crippen LogP contribution in [0.1, 0.15) is 12.5 Å². The third-order valence-electron chi connectivity index (χ3n) is 3.45. The number of ether oxygens (including phenoxy) is 1. The van der Waals surface area contributed by atoms with E-state index in [1.807, 2.05) is 0 Å². The average Bonchev–Trinajstić information content (AvgIpc) is 2.53. The van der Waals surface area contributed by atoms with E-state index in [1.165, 1.54) is 14.0 Å².